The van der Waals surface area contributed by atoms with Crippen LogP contribution in [0.5, 0.6) is 0 Å². The van der Waals surface area contributed by atoms with E-state index in [1.807, 2.05) is 30.7 Å². The highest BCUT2D eigenvalue weighted by Gasteiger charge is 2.69. The molecular weight excluding hydrogens is 320 g/mol. The Morgan fingerprint density at radius 3 is 3.00 bits per heavy atom. The molecule has 0 aromatic carbocycles. The van der Waals surface area contributed by atoms with Crippen LogP contribution in [-0.4, -0.2) is 33.1 Å². The zero-order valence-electron chi connectivity index (χ0n) is 12.3. The Balaban J connectivity index is 1.43. The van der Waals surface area contributed by atoms with E-state index in [0.29, 0.717) is 23.5 Å². The molecule has 1 saturated carbocycles. The summed E-state index contributed by atoms with van der Waals surface area (Å²) in [4.78, 5) is 16.6. The molecule has 4 rings (SSSR count). The first-order valence-corrected chi connectivity index (χ1v) is 8.81. The third-order valence-corrected chi connectivity index (χ3v) is 5.90. The molecule has 2 atom stereocenters. The number of carbonyl (C=O) groups excluding carboxylic acids is 1. The molecule has 1 saturated heterocycles. The summed E-state index contributed by atoms with van der Waals surface area (Å²) in [7, 11) is 0. The van der Waals surface area contributed by atoms with Gasteiger partial charge in [0.2, 0.25) is 5.13 Å². The first kappa shape index (κ1) is 14.1. The van der Waals surface area contributed by atoms with E-state index in [-0.39, 0.29) is 17.2 Å². The van der Waals surface area contributed by atoms with Crippen LogP contribution in [0, 0.1) is 5.92 Å². The molecule has 2 fully saturated rings. The number of nitrogens with zero attached hydrogens (tertiary/aromatic N) is 2. The summed E-state index contributed by atoms with van der Waals surface area (Å²) >= 11 is 2.78. The van der Waals surface area contributed by atoms with Crippen LogP contribution in [0.3, 0.4) is 0 Å². The van der Waals surface area contributed by atoms with Crippen molar-refractivity contribution < 1.29 is 9.53 Å². The van der Waals surface area contributed by atoms with Gasteiger partial charge in [-0.05, 0) is 31.7 Å². The van der Waals surface area contributed by atoms with Crippen LogP contribution in [0.1, 0.15) is 20.3 Å². The number of nitrogens with one attached hydrogen (secondary N) is 2. The van der Waals surface area contributed by atoms with Gasteiger partial charge in [-0.2, -0.15) is 20.7 Å². The summed E-state index contributed by atoms with van der Waals surface area (Å²) in [5.41, 5.74) is 0.413. The Bertz CT molecular complexity index is 712. The second-order valence-corrected chi connectivity index (χ2v) is 7.74. The van der Waals surface area contributed by atoms with E-state index in [2.05, 4.69) is 20.0 Å². The number of urea groups is 1. The number of amides is 2. The molecule has 22 heavy (non-hydrogen) atoms. The number of rotatable bonds is 3. The van der Waals surface area contributed by atoms with Crippen LogP contribution in [0.2, 0.25) is 0 Å². The third-order valence-electron chi connectivity index (χ3n) is 4.59. The molecule has 8 heteroatoms. The Morgan fingerprint density at radius 2 is 2.36 bits per heavy atom. The van der Waals surface area contributed by atoms with Crippen molar-refractivity contribution in [1.29, 1.82) is 0 Å². The molecule has 2 N–H and O–H groups in total. The highest BCUT2D eigenvalue weighted by Crippen LogP contribution is 2.57. The summed E-state index contributed by atoms with van der Waals surface area (Å²) in [6, 6.07) is 1.72. The fourth-order valence-corrected chi connectivity index (χ4v) is 4.34. The molecular formula is C14H16N4O2S2. The quantitative estimate of drug-likeness (QED) is 0.903. The smallest absolute Gasteiger partial charge is 0.321 e. The number of fused-ring (bicyclic) bond motifs is 1. The van der Waals surface area contributed by atoms with E-state index < -0.39 is 0 Å². The number of thiophene rings is 1. The number of aromatic nitrogens is 2. The van der Waals surface area contributed by atoms with E-state index >= 15 is 0 Å². The van der Waals surface area contributed by atoms with E-state index in [1.165, 1.54) is 11.5 Å². The van der Waals surface area contributed by atoms with Gasteiger partial charge >= 0.3 is 6.03 Å². The molecule has 3 heterocycles. The molecule has 116 valence electrons. The van der Waals surface area contributed by atoms with Crippen LogP contribution in [-0.2, 0) is 4.74 Å². The average Bonchev–Trinajstić information content (AvgIpc) is 2.88. The van der Waals surface area contributed by atoms with Gasteiger partial charge in [0.25, 0.3) is 0 Å². The monoisotopic (exact) mass is 336 g/mol. The lowest BCUT2D eigenvalue weighted by atomic mass is 9.96. The van der Waals surface area contributed by atoms with E-state index in [9.17, 15) is 4.79 Å². The van der Waals surface area contributed by atoms with Gasteiger partial charge in [-0.1, -0.05) is 0 Å². The topological polar surface area (TPSA) is 76.1 Å². The van der Waals surface area contributed by atoms with Crippen molar-refractivity contribution >= 4 is 34.0 Å². The number of hydrogen-bond acceptors (Lipinski definition) is 6. The largest absolute Gasteiger partial charge is 0.373 e. The van der Waals surface area contributed by atoms with Gasteiger partial charge in [-0.25, -0.2) is 4.79 Å². The number of anilines is 1. The molecule has 0 bridgehead atoms. The van der Waals surface area contributed by atoms with Crippen LogP contribution in [0.4, 0.5) is 9.93 Å². The highest BCUT2D eigenvalue weighted by atomic mass is 32.1. The van der Waals surface area contributed by atoms with E-state index in [1.54, 1.807) is 11.3 Å². The summed E-state index contributed by atoms with van der Waals surface area (Å²) in [6.45, 7) is 4.77. The van der Waals surface area contributed by atoms with Crippen molar-refractivity contribution in [1.82, 2.24) is 14.7 Å². The summed E-state index contributed by atoms with van der Waals surface area (Å²) in [5, 5.41) is 10.3. The Hall–Kier alpha value is -1.51. The molecule has 1 aliphatic heterocycles. The Labute approximate surface area is 136 Å². The van der Waals surface area contributed by atoms with E-state index in [4.69, 9.17) is 4.74 Å². The average molecular weight is 336 g/mol. The van der Waals surface area contributed by atoms with Crippen LogP contribution >= 0.6 is 22.9 Å². The second-order valence-electron chi connectivity index (χ2n) is 6.21. The van der Waals surface area contributed by atoms with Crippen molar-refractivity contribution in [2.45, 2.75) is 31.4 Å². The molecule has 1 aliphatic carbocycles. The van der Waals surface area contributed by atoms with Crippen molar-refractivity contribution in [3.05, 3.63) is 16.8 Å². The predicted molar refractivity (Wildman–Crippen MR) is 86.2 cm³/mol. The standard InChI is InChI=1S/C14H16N4O2S2/c1-13(2)14(5-9(14)6-20-13)17-11(19)16-12-15-10(18-22-12)8-3-4-21-7-8/h3-4,7,9H,5-6H2,1-2H3,(H2,15,16,17,18,19). The lowest BCUT2D eigenvalue weighted by Gasteiger charge is -2.30. The molecule has 2 amide bonds. The van der Waals surface area contributed by atoms with Crippen molar-refractivity contribution in [3.8, 4) is 11.4 Å². The molecule has 2 aliphatic rings. The summed E-state index contributed by atoms with van der Waals surface area (Å²) in [5.74, 6) is 1.07. The Kier molecular flexibility index (Phi) is 3.04. The first-order valence-electron chi connectivity index (χ1n) is 7.10. The normalized spacial score (nSPS) is 28.2. The van der Waals surface area contributed by atoms with Crippen LogP contribution in [0.25, 0.3) is 11.4 Å². The molecule has 2 unspecified atom stereocenters. The highest BCUT2D eigenvalue weighted by molar-refractivity contribution is 7.10. The maximum Gasteiger partial charge on any atom is 0.321 e. The minimum Gasteiger partial charge on any atom is -0.373 e. The minimum absolute atomic E-state index is 0.238. The SMILES string of the molecule is CC1(C)OCC2CC21NC(=O)Nc1nc(-c2ccsc2)ns1. The fourth-order valence-electron chi connectivity index (χ4n) is 3.12. The molecule has 6 nitrogen and oxygen atoms in total. The summed E-state index contributed by atoms with van der Waals surface area (Å²) < 4.78 is 10.0. The predicted octanol–water partition coefficient (Wildman–Crippen LogP) is 2.96. The van der Waals surface area contributed by atoms with Crippen molar-refractivity contribution in [3.63, 3.8) is 0 Å². The number of carbonyl (C=O) groups is 1. The molecule has 2 aromatic heterocycles. The maximum absolute atomic E-state index is 12.2. The Morgan fingerprint density at radius 1 is 1.50 bits per heavy atom. The number of hydrogen-bond donors (Lipinski definition) is 2. The minimum atomic E-state index is -0.321. The van der Waals surface area contributed by atoms with Gasteiger partial charge in [0, 0.05) is 28.4 Å². The van der Waals surface area contributed by atoms with Crippen molar-refractivity contribution in [2.24, 2.45) is 5.92 Å². The first-order chi connectivity index (χ1) is 10.5. The molecule has 0 radical (unpaired) electrons. The molecule has 0 spiro atoms. The maximum atomic E-state index is 12.2. The van der Waals surface area contributed by atoms with Gasteiger partial charge in [0.05, 0.1) is 17.7 Å². The zero-order chi connectivity index (χ0) is 15.4. The fraction of sp³-hybridized carbons (Fsp3) is 0.500. The van der Waals surface area contributed by atoms with Crippen molar-refractivity contribution in [2.75, 3.05) is 11.9 Å². The lowest BCUT2D eigenvalue weighted by Crippen LogP contribution is -2.52. The molecule has 2 aromatic rings. The van der Waals surface area contributed by atoms with Gasteiger partial charge in [0.15, 0.2) is 5.82 Å². The van der Waals surface area contributed by atoms with E-state index in [0.717, 1.165) is 12.0 Å². The van der Waals surface area contributed by atoms with Gasteiger partial charge < -0.3 is 10.1 Å². The summed E-state index contributed by atoms with van der Waals surface area (Å²) in [6.07, 6.45) is 0.976. The van der Waals surface area contributed by atoms with Gasteiger partial charge in [-0.3, -0.25) is 5.32 Å². The van der Waals surface area contributed by atoms with Crippen LogP contribution < -0.4 is 10.6 Å². The van der Waals surface area contributed by atoms with Gasteiger partial charge in [0.1, 0.15) is 0 Å². The van der Waals surface area contributed by atoms with Gasteiger partial charge in [-0.15, -0.1) is 0 Å². The zero-order valence-corrected chi connectivity index (χ0v) is 13.9. The lowest BCUT2D eigenvalue weighted by molar-refractivity contribution is -0.00667. The van der Waals surface area contributed by atoms with Crippen LogP contribution in [0.15, 0.2) is 16.8 Å². The second kappa shape index (κ2) is 4.74. The number of ether oxygens (including phenoxy) is 1. The third kappa shape index (κ3) is 2.13.